The first-order valence-electron chi connectivity index (χ1n) is 9.77. The second kappa shape index (κ2) is 10.4. The zero-order valence-corrected chi connectivity index (χ0v) is 18.8. The number of hydrogen-bond acceptors (Lipinski definition) is 4. The van der Waals surface area contributed by atoms with E-state index in [1.165, 1.54) is 0 Å². The molecule has 0 fully saturated rings. The molecule has 0 unspecified atom stereocenters. The molecule has 31 heavy (non-hydrogen) atoms. The molecule has 0 aliphatic heterocycles. The molecule has 0 aliphatic rings. The fourth-order valence-electron chi connectivity index (χ4n) is 2.98. The van der Waals surface area contributed by atoms with Gasteiger partial charge in [0.15, 0.2) is 11.5 Å². The number of aromatic carboxylic acids is 1. The summed E-state index contributed by atoms with van der Waals surface area (Å²) in [4.78, 5) is 11.2. The van der Waals surface area contributed by atoms with Crippen LogP contribution in [0.25, 0.3) is 0 Å². The first kappa shape index (κ1) is 22.8. The van der Waals surface area contributed by atoms with Crippen molar-refractivity contribution in [2.75, 3.05) is 11.9 Å². The number of benzene rings is 3. The second-order valence-electron chi connectivity index (χ2n) is 6.94. The van der Waals surface area contributed by atoms with Gasteiger partial charge in [-0.05, 0) is 66.9 Å². The second-order valence-corrected chi connectivity index (χ2v) is 7.75. The van der Waals surface area contributed by atoms with Crippen LogP contribution in [0.4, 0.5) is 5.69 Å². The SMILES string of the molecule is CCOc1cc(CNc2cc(C(=O)O)ccc2C)ccc1OCc1ccc(Cl)c(Cl)c1. The minimum absolute atomic E-state index is 0.245. The number of rotatable bonds is 9. The Labute approximate surface area is 191 Å². The maximum absolute atomic E-state index is 11.2. The van der Waals surface area contributed by atoms with Crippen LogP contribution in [0, 0.1) is 6.92 Å². The van der Waals surface area contributed by atoms with Crippen LogP contribution in [0.3, 0.4) is 0 Å². The van der Waals surface area contributed by atoms with Crippen molar-refractivity contribution in [3.8, 4) is 11.5 Å². The van der Waals surface area contributed by atoms with Crippen molar-refractivity contribution in [3.63, 3.8) is 0 Å². The van der Waals surface area contributed by atoms with Gasteiger partial charge in [-0.1, -0.05) is 41.4 Å². The number of carboxylic acids is 1. The predicted molar refractivity (Wildman–Crippen MR) is 124 cm³/mol. The standard InChI is InChI=1S/C24H23Cl2NO4/c1-3-30-23-11-16(13-27-21-12-18(24(28)29)7-4-15(21)2)6-9-22(23)31-14-17-5-8-19(25)20(26)10-17/h4-12,27H,3,13-14H2,1-2H3,(H,28,29). The minimum Gasteiger partial charge on any atom is -0.490 e. The number of carbonyl (C=O) groups is 1. The summed E-state index contributed by atoms with van der Waals surface area (Å²) in [5.74, 6) is 0.309. The van der Waals surface area contributed by atoms with Crippen molar-refractivity contribution >= 4 is 34.9 Å². The summed E-state index contributed by atoms with van der Waals surface area (Å²) in [7, 11) is 0. The number of aryl methyl sites for hydroxylation is 1. The van der Waals surface area contributed by atoms with Crippen molar-refractivity contribution in [1.82, 2.24) is 0 Å². The van der Waals surface area contributed by atoms with E-state index in [1.807, 2.05) is 38.1 Å². The molecule has 0 bridgehead atoms. The molecule has 2 N–H and O–H groups in total. The summed E-state index contributed by atoms with van der Waals surface area (Å²) in [5, 5.41) is 13.5. The van der Waals surface area contributed by atoms with E-state index in [9.17, 15) is 9.90 Å². The highest BCUT2D eigenvalue weighted by atomic mass is 35.5. The highest BCUT2D eigenvalue weighted by Crippen LogP contribution is 2.31. The lowest BCUT2D eigenvalue weighted by Gasteiger charge is -2.15. The van der Waals surface area contributed by atoms with Crippen LogP contribution in [0.2, 0.25) is 10.0 Å². The molecule has 162 valence electrons. The molecule has 5 nitrogen and oxygen atoms in total. The van der Waals surface area contributed by atoms with E-state index in [-0.39, 0.29) is 5.56 Å². The van der Waals surface area contributed by atoms with Gasteiger partial charge in [-0.25, -0.2) is 4.79 Å². The Morgan fingerprint density at radius 2 is 1.71 bits per heavy atom. The van der Waals surface area contributed by atoms with E-state index in [0.29, 0.717) is 41.3 Å². The van der Waals surface area contributed by atoms with Crippen molar-refractivity contribution < 1.29 is 19.4 Å². The molecular weight excluding hydrogens is 437 g/mol. The number of halogens is 2. The topological polar surface area (TPSA) is 67.8 Å². The Morgan fingerprint density at radius 1 is 0.935 bits per heavy atom. The van der Waals surface area contributed by atoms with E-state index in [4.69, 9.17) is 32.7 Å². The Balaban J connectivity index is 1.71. The normalized spacial score (nSPS) is 10.6. The van der Waals surface area contributed by atoms with E-state index in [1.54, 1.807) is 30.3 Å². The number of nitrogens with one attached hydrogen (secondary N) is 1. The Kier molecular flexibility index (Phi) is 7.66. The molecule has 3 aromatic carbocycles. The summed E-state index contributed by atoms with van der Waals surface area (Å²) < 4.78 is 11.7. The molecule has 0 spiro atoms. The molecule has 0 saturated carbocycles. The van der Waals surface area contributed by atoms with Crippen molar-refractivity contribution in [2.24, 2.45) is 0 Å². The number of anilines is 1. The van der Waals surface area contributed by atoms with Crippen LogP contribution in [0.1, 0.15) is 34.0 Å². The van der Waals surface area contributed by atoms with Gasteiger partial charge in [0.05, 0.1) is 22.2 Å². The zero-order valence-electron chi connectivity index (χ0n) is 17.2. The largest absolute Gasteiger partial charge is 0.490 e. The van der Waals surface area contributed by atoms with Gasteiger partial charge in [-0.15, -0.1) is 0 Å². The lowest BCUT2D eigenvalue weighted by atomic mass is 10.1. The molecule has 0 heterocycles. The van der Waals surface area contributed by atoms with Crippen LogP contribution in [0.15, 0.2) is 54.6 Å². The molecule has 7 heteroatoms. The van der Waals surface area contributed by atoms with Crippen LogP contribution in [0.5, 0.6) is 11.5 Å². The van der Waals surface area contributed by atoms with Crippen LogP contribution < -0.4 is 14.8 Å². The van der Waals surface area contributed by atoms with Gasteiger partial charge in [0.25, 0.3) is 0 Å². The number of hydrogen-bond donors (Lipinski definition) is 2. The average molecular weight is 460 g/mol. The lowest BCUT2D eigenvalue weighted by molar-refractivity contribution is 0.0697. The fourth-order valence-corrected chi connectivity index (χ4v) is 3.30. The maximum Gasteiger partial charge on any atom is 0.335 e. The zero-order chi connectivity index (χ0) is 22.4. The summed E-state index contributed by atoms with van der Waals surface area (Å²) >= 11 is 12.0. The van der Waals surface area contributed by atoms with E-state index in [2.05, 4.69) is 5.32 Å². The first-order chi connectivity index (χ1) is 14.9. The molecular formula is C24H23Cl2NO4. The van der Waals surface area contributed by atoms with E-state index in [0.717, 1.165) is 22.4 Å². The lowest BCUT2D eigenvalue weighted by Crippen LogP contribution is -2.05. The van der Waals surface area contributed by atoms with Crippen molar-refractivity contribution in [1.29, 1.82) is 0 Å². The maximum atomic E-state index is 11.2. The Morgan fingerprint density at radius 3 is 2.42 bits per heavy atom. The minimum atomic E-state index is -0.954. The molecule has 0 radical (unpaired) electrons. The molecule has 0 aliphatic carbocycles. The summed E-state index contributed by atoms with van der Waals surface area (Å²) in [6, 6.07) is 16.1. The van der Waals surface area contributed by atoms with Gasteiger partial charge in [0.2, 0.25) is 0 Å². The smallest absolute Gasteiger partial charge is 0.335 e. The van der Waals surface area contributed by atoms with Crippen molar-refractivity contribution in [2.45, 2.75) is 27.0 Å². The van der Waals surface area contributed by atoms with Gasteiger partial charge in [-0.3, -0.25) is 0 Å². The van der Waals surface area contributed by atoms with Crippen molar-refractivity contribution in [3.05, 3.63) is 86.9 Å². The van der Waals surface area contributed by atoms with Gasteiger partial charge in [0.1, 0.15) is 6.61 Å². The average Bonchev–Trinajstić information content (AvgIpc) is 2.75. The third-order valence-corrected chi connectivity index (χ3v) is 5.39. The molecule has 0 saturated heterocycles. The van der Waals surface area contributed by atoms with E-state index >= 15 is 0 Å². The summed E-state index contributed by atoms with van der Waals surface area (Å²) in [6.45, 7) is 5.18. The first-order valence-corrected chi connectivity index (χ1v) is 10.5. The fraction of sp³-hybridized carbons (Fsp3) is 0.208. The summed E-state index contributed by atoms with van der Waals surface area (Å²) in [5.41, 5.74) is 3.87. The molecule has 0 aromatic heterocycles. The van der Waals surface area contributed by atoms with E-state index < -0.39 is 5.97 Å². The Hall–Kier alpha value is -2.89. The number of ether oxygens (including phenoxy) is 2. The quantitative estimate of drug-likeness (QED) is 0.377. The molecule has 0 amide bonds. The third-order valence-electron chi connectivity index (χ3n) is 4.65. The van der Waals surface area contributed by atoms with Gasteiger partial charge < -0.3 is 19.9 Å². The highest BCUT2D eigenvalue weighted by Gasteiger charge is 2.10. The van der Waals surface area contributed by atoms with Crippen LogP contribution in [-0.2, 0) is 13.2 Å². The van der Waals surface area contributed by atoms with Gasteiger partial charge >= 0.3 is 5.97 Å². The monoisotopic (exact) mass is 459 g/mol. The van der Waals surface area contributed by atoms with Gasteiger partial charge in [-0.2, -0.15) is 0 Å². The molecule has 3 aromatic rings. The Bertz CT molecular complexity index is 1090. The molecule has 3 rings (SSSR count). The molecule has 0 atom stereocenters. The van der Waals surface area contributed by atoms with Gasteiger partial charge in [0, 0.05) is 12.2 Å². The van der Waals surface area contributed by atoms with Crippen LogP contribution >= 0.6 is 23.2 Å². The number of carboxylic acid groups (broad SMARTS) is 1. The van der Waals surface area contributed by atoms with Crippen LogP contribution in [-0.4, -0.2) is 17.7 Å². The third kappa shape index (κ3) is 6.06. The predicted octanol–water partition coefficient (Wildman–Crippen LogP) is 6.59. The highest BCUT2D eigenvalue weighted by molar-refractivity contribution is 6.42. The summed E-state index contributed by atoms with van der Waals surface area (Å²) in [6.07, 6.45) is 0.